The van der Waals surface area contributed by atoms with Gasteiger partial charge in [-0.15, -0.1) is 0 Å². The van der Waals surface area contributed by atoms with Crippen LogP contribution in [0.3, 0.4) is 0 Å². The zero-order valence-electron chi connectivity index (χ0n) is 17.7. The monoisotopic (exact) mass is 470 g/mol. The van der Waals surface area contributed by atoms with Gasteiger partial charge in [-0.2, -0.15) is 5.10 Å². The first-order valence-electron chi connectivity index (χ1n) is 10.5. The van der Waals surface area contributed by atoms with Gasteiger partial charge in [0.25, 0.3) is 5.91 Å². The van der Waals surface area contributed by atoms with E-state index in [-0.39, 0.29) is 23.5 Å². The lowest BCUT2D eigenvalue weighted by Crippen LogP contribution is -2.43. The number of fused-ring (bicyclic) bond motifs is 1. The molecule has 7 nitrogen and oxygen atoms in total. The van der Waals surface area contributed by atoms with Crippen molar-refractivity contribution in [2.24, 2.45) is 0 Å². The Labute approximate surface area is 191 Å². The Morgan fingerprint density at radius 1 is 1.12 bits per heavy atom. The second-order valence-electron chi connectivity index (χ2n) is 8.40. The zero-order chi connectivity index (χ0) is 22.6. The van der Waals surface area contributed by atoms with Crippen molar-refractivity contribution in [3.05, 3.63) is 76.1 Å². The number of anilines is 2. The minimum absolute atomic E-state index is 0.0226. The molecular weight excluding hydrogens is 448 g/mol. The molecule has 1 N–H and O–H groups in total. The van der Waals surface area contributed by atoms with E-state index in [0.717, 1.165) is 16.9 Å². The molecule has 3 heterocycles. The maximum atomic E-state index is 13.6. The topological polar surface area (TPSA) is 84.3 Å². The van der Waals surface area contributed by atoms with Crippen molar-refractivity contribution < 1.29 is 13.2 Å². The highest BCUT2D eigenvalue weighted by Crippen LogP contribution is 2.41. The van der Waals surface area contributed by atoms with E-state index in [4.69, 9.17) is 11.6 Å². The van der Waals surface area contributed by atoms with E-state index >= 15 is 0 Å². The van der Waals surface area contributed by atoms with E-state index in [1.54, 1.807) is 15.6 Å². The van der Waals surface area contributed by atoms with E-state index in [9.17, 15) is 13.2 Å². The molecule has 3 aromatic rings. The van der Waals surface area contributed by atoms with Crippen molar-refractivity contribution in [3.63, 3.8) is 0 Å². The highest BCUT2D eigenvalue weighted by Gasteiger charge is 2.39. The fourth-order valence-corrected chi connectivity index (χ4v) is 6.66. The maximum Gasteiger partial charge on any atom is 0.262 e. The van der Waals surface area contributed by atoms with Gasteiger partial charge in [-0.05, 0) is 50.1 Å². The van der Waals surface area contributed by atoms with Gasteiger partial charge >= 0.3 is 0 Å². The molecule has 0 aliphatic carbocycles. The first-order chi connectivity index (χ1) is 15.2. The number of amides is 1. The number of aryl methyl sites for hydroxylation is 2. The molecule has 2 aliphatic rings. The van der Waals surface area contributed by atoms with Gasteiger partial charge in [0.1, 0.15) is 11.3 Å². The summed E-state index contributed by atoms with van der Waals surface area (Å²) >= 11 is 6.82. The van der Waals surface area contributed by atoms with Gasteiger partial charge in [-0.25, -0.2) is 13.1 Å². The molecule has 166 valence electrons. The number of carbonyl (C=O) groups is 1. The van der Waals surface area contributed by atoms with Crippen molar-refractivity contribution in [1.29, 1.82) is 0 Å². The number of benzene rings is 2. The van der Waals surface area contributed by atoms with E-state index in [1.165, 1.54) is 0 Å². The van der Waals surface area contributed by atoms with Gasteiger partial charge < -0.3 is 5.32 Å². The van der Waals surface area contributed by atoms with Crippen LogP contribution in [0, 0.1) is 13.8 Å². The van der Waals surface area contributed by atoms with Crippen LogP contribution in [0.1, 0.15) is 45.8 Å². The van der Waals surface area contributed by atoms with Gasteiger partial charge in [-0.1, -0.05) is 35.9 Å². The average molecular weight is 471 g/mol. The molecule has 2 atom stereocenters. The van der Waals surface area contributed by atoms with Gasteiger partial charge in [0.2, 0.25) is 0 Å². The van der Waals surface area contributed by atoms with Crippen molar-refractivity contribution in [2.45, 2.75) is 32.5 Å². The van der Waals surface area contributed by atoms with Gasteiger partial charge in [-0.3, -0.25) is 9.69 Å². The average Bonchev–Trinajstić information content (AvgIpc) is 3.25. The van der Waals surface area contributed by atoms with Crippen molar-refractivity contribution in [2.75, 3.05) is 21.7 Å². The summed E-state index contributed by atoms with van der Waals surface area (Å²) in [6, 6.07) is 14.8. The predicted octanol–water partition coefficient (Wildman–Crippen LogP) is 4.28. The SMILES string of the molecule is Cc1cccc(N2C(=O)c3ccccc3NC2c2c(C)nn(C3CCS(=O)(=O)C3)c2Cl)c1. The highest BCUT2D eigenvalue weighted by atomic mass is 35.5. The number of hydrogen-bond donors (Lipinski definition) is 1. The van der Waals surface area contributed by atoms with Crippen LogP contribution in [-0.2, 0) is 9.84 Å². The van der Waals surface area contributed by atoms with E-state index in [2.05, 4.69) is 10.4 Å². The third-order valence-corrected chi connectivity index (χ3v) is 8.23. The number of halogens is 1. The van der Waals surface area contributed by atoms with Gasteiger partial charge in [0.15, 0.2) is 9.84 Å². The van der Waals surface area contributed by atoms with Crippen LogP contribution in [0.15, 0.2) is 48.5 Å². The first-order valence-corrected chi connectivity index (χ1v) is 12.7. The largest absolute Gasteiger partial charge is 0.360 e. The minimum Gasteiger partial charge on any atom is -0.360 e. The molecule has 2 aliphatic heterocycles. The van der Waals surface area contributed by atoms with Crippen LogP contribution in [0.2, 0.25) is 5.15 Å². The molecule has 1 amide bonds. The number of carbonyl (C=O) groups excluding carboxylic acids is 1. The third-order valence-electron chi connectivity index (χ3n) is 6.11. The maximum absolute atomic E-state index is 13.6. The van der Waals surface area contributed by atoms with Crippen LogP contribution in [-0.4, -0.2) is 35.6 Å². The summed E-state index contributed by atoms with van der Waals surface area (Å²) in [5.74, 6) is 0.0153. The smallest absolute Gasteiger partial charge is 0.262 e. The Hall–Kier alpha value is -2.84. The van der Waals surface area contributed by atoms with Crippen LogP contribution >= 0.6 is 11.6 Å². The fourth-order valence-electron chi connectivity index (χ4n) is 4.55. The van der Waals surface area contributed by atoms with E-state index < -0.39 is 16.0 Å². The lowest BCUT2D eigenvalue weighted by molar-refractivity contribution is 0.0975. The molecule has 2 aromatic carbocycles. The second-order valence-corrected chi connectivity index (χ2v) is 11.0. The molecule has 1 aromatic heterocycles. The molecule has 1 saturated heterocycles. The van der Waals surface area contributed by atoms with Crippen molar-refractivity contribution in [1.82, 2.24) is 9.78 Å². The van der Waals surface area contributed by atoms with Crippen LogP contribution in [0.25, 0.3) is 0 Å². The molecule has 0 bridgehead atoms. The summed E-state index contributed by atoms with van der Waals surface area (Å²) in [4.78, 5) is 15.3. The number of sulfone groups is 1. The summed E-state index contributed by atoms with van der Waals surface area (Å²) in [5, 5.41) is 8.42. The second kappa shape index (κ2) is 7.64. The summed E-state index contributed by atoms with van der Waals surface area (Å²) in [6.45, 7) is 3.81. The zero-order valence-corrected chi connectivity index (χ0v) is 19.3. The van der Waals surface area contributed by atoms with Crippen molar-refractivity contribution in [3.8, 4) is 0 Å². The fraction of sp³-hybridized carbons (Fsp3) is 0.304. The number of para-hydroxylation sites is 1. The van der Waals surface area contributed by atoms with Gasteiger partial charge in [0, 0.05) is 11.4 Å². The Kier molecular flexibility index (Phi) is 5.02. The first kappa shape index (κ1) is 21.0. The molecule has 0 radical (unpaired) electrons. The highest BCUT2D eigenvalue weighted by molar-refractivity contribution is 7.91. The quantitative estimate of drug-likeness (QED) is 0.617. The van der Waals surface area contributed by atoms with Crippen LogP contribution in [0.4, 0.5) is 11.4 Å². The number of aromatic nitrogens is 2. The number of rotatable bonds is 3. The molecule has 0 spiro atoms. The molecule has 1 fully saturated rings. The van der Waals surface area contributed by atoms with Crippen molar-refractivity contribution >= 4 is 38.7 Å². The predicted molar refractivity (Wildman–Crippen MR) is 125 cm³/mol. The Bertz CT molecular complexity index is 1330. The Balaban J connectivity index is 1.65. The lowest BCUT2D eigenvalue weighted by atomic mass is 10.0. The number of nitrogens with one attached hydrogen (secondary N) is 1. The lowest BCUT2D eigenvalue weighted by Gasteiger charge is -2.38. The Morgan fingerprint density at radius 2 is 1.91 bits per heavy atom. The van der Waals surface area contributed by atoms with Gasteiger partial charge in [0.05, 0.1) is 34.4 Å². The summed E-state index contributed by atoms with van der Waals surface area (Å²) in [6.07, 6.45) is -0.109. The number of nitrogens with zero attached hydrogens (tertiary/aromatic N) is 3. The van der Waals surface area contributed by atoms with E-state index in [1.807, 2.05) is 56.3 Å². The van der Waals surface area contributed by atoms with Crippen LogP contribution in [0.5, 0.6) is 0 Å². The third kappa shape index (κ3) is 3.47. The molecule has 32 heavy (non-hydrogen) atoms. The minimum atomic E-state index is -3.10. The molecule has 9 heteroatoms. The summed E-state index contributed by atoms with van der Waals surface area (Å²) in [5.41, 5.74) is 4.39. The normalized spacial score (nSPS) is 22.0. The molecular formula is C23H23ClN4O3S. The molecule has 2 unspecified atom stereocenters. The molecule has 5 rings (SSSR count). The molecule has 0 saturated carbocycles. The summed E-state index contributed by atoms with van der Waals surface area (Å²) < 4.78 is 25.6. The van der Waals surface area contributed by atoms with E-state index in [0.29, 0.717) is 28.4 Å². The number of hydrogen-bond acceptors (Lipinski definition) is 5. The summed E-state index contributed by atoms with van der Waals surface area (Å²) in [7, 11) is -3.10. The Morgan fingerprint density at radius 3 is 2.62 bits per heavy atom. The standard InChI is InChI=1S/C23H23ClN4O3S/c1-14-6-5-7-16(12-14)27-22(25-19-9-4-3-8-18(19)23(27)29)20-15(2)26-28(21(20)24)17-10-11-32(30,31)13-17/h3-9,12,17,22,25H,10-11,13H2,1-2H3. The van der Waals surface area contributed by atoms with Crippen LogP contribution < -0.4 is 10.2 Å².